The Kier molecular flexibility index (Phi) is 5.43. The molecular formula is C15H23N5O2. The van der Waals surface area contributed by atoms with Crippen molar-refractivity contribution in [1.82, 2.24) is 25.2 Å². The highest BCUT2D eigenvalue weighted by Crippen LogP contribution is 2.20. The van der Waals surface area contributed by atoms with Gasteiger partial charge >= 0.3 is 0 Å². The minimum absolute atomic E-state index is 0.0759. The Hall–Kier alpha value is -2.02. The molecule has 2 atom stereocenters. The van der Waals surface area contributed by atoms with Crippen LogP contribution in [0.5, 0.6) is 0 Å². The average molecular weight is 305 g/mol. The molecule has 0 fully saturated rings. The number of aromatic nitrogens is 4. The maximum absolute atomic E-state index is 11.5. The molecule has 0 radical (unpaired) electrons. The number of hydrogen-bond donors (Lipinski definition) is 1. The first kappa shape index (κ1) is 16.4. The van der Waals surface area contributed by atoms with E-state index in [-0.39, 0.29) is 17.7 Å². The summed E-state index contributed by atoms with van der Waals surface area (Å²) in [4.78, 5) is 15.9. The Bertz CT molecular complexity index is 619. The first-order valence-electron chi connectivity index (χ1n) is 7.53. The van der Waals surface area contributed by atoms with Crippen molar-refractivity contribution >= 4 is 5.78 Å². The highest BCUT2D eigenvalue weighted by atomic mass is 16.5. The molecule has 0 bridgehead atoms. The summed E-state index contributed by atoms with van der Waals surface area (Å²) < 4.78 is 7.09. The van der Waals surface area contributed by atoms with Crippen LogP contribution < -0.4 is 5.32 Å². The van der Waals surface area contributed by atoms with Gasteiger partial charge in [-0.05, 0) is 13.3 Å². The van der Waals surface area contributed by atoms with Gasteiger partial charge in [0.2, 0.25) is 5.89 Å². The lowest BCUT2D eigenvalue weighted by molar-refractivity contribution is -0.117. The van der Waals surface area contributed by atoms with Crippen LogP contribution in [0.1, 0.15) is 62.9 Å². The molecule has 2 aromatic heterocycles. The van der Waals surface area contributed by atoms with E-state index in [1.54, 1.807) is 17.8 Å². The van der Waals surface area contributed by atoms with Crippen LogP contribution in [0.25, 0.3) is 0 Å². The van der Waals surface area contributed by atoms with Gasteiger partial charge in [-0.3, -0.25) is 9.48 Å². The third-order valence-corrected chi connectivity index (χ3v) is 3.61. The van der Waals surface area contributed by atoms with Gasteiger partial charge in [0.25, 0.3) is 0 Å². The van der Waals surface area contributed by atoms with Gasteiger partial charge in [0, 0.05) is 37.7 Å². The molecule has 0 unspecified atom stereocenters. The summed E-state index contributed by atoms with van der Waals surface area (Å²) in [5, 5.41) is 11.4. The van der Waals surface area contributed by atoms with E-state index < -0.39 is 0 Å². The Balaban J connectivity index is 2.08. The second-order valence-corrected chi connectivity index (χ2v) is 5.66. The number of hydrogen-bond acceptors (Lipinski definition) is 6. The van der Waals surface area contributed by atoms with Crippen molar-refractivity contribution < 1.29 is 9.32 Å². The number of carbonyl (C=O) groups is 1. The average Bonchev–Trinajstić information content (AvgIpc) is 3.11. The summed E-state index contributed by atoms with van der Waals surface area (Å²) in [7, 11) is 1.87. The molecular weight excluding hydrogens is 282 g/mol. The highest BCUT2D eigenvalue weighted by molar-refractivity contribution is 5.76. The molecule has 0 saturated carbocycles. The fraction of sp³-hybridized carbons (Fsp3) is 0.600. The van der Waals surface area contributed by atoms with Gasteiger partial charge in [0.05, 0.1) is 12.2 Å². The molecule has 2 rings (SSSR count). The van der Waals surface area contributed by atoms with E-state index in [2.05, 4.69) is 34.4 Å². The van der Waals surface area contributed by atoms with Gasteiger partial charge in [-0.25, -0.2) is 0 Å². The van der Waals surface area contributed by atoms with E-state index in [1.165, 1.54) is 0 Å². The molecule has 0 spiro atoms. The Morgan fingerprint density at radius 1 is 1.50 bits per heavy atom. The fourth-order valence-corrected chi connectivity index (χ4v) is 2.11. The van der Waals surface area contributed by atoms with Crippen molar-refractivity contribution in [2.45, 2.75) is 52.1 Å². The van der Waals surface area contributed by atoms with E-state index in [9.17, 15) is 4.79 Å². The van der Waals surface area contributed by atoms with Crippen molar-refractivity contribution in [1.29, 1.82) is 0 Å². The van der Waals surface area contributed by atoms with Crippen LogP contribution in [0.3, 0.4) is 0 Å². The summed E-state index contributed by atoms with van der Waals surface area (Å²) in [5.74, 6) is 1.48. The molecule has 0 aliphatic carbocycles. The van der Waals surface area contributed by atoms with Crippen molar-refractivity contribution in [2.24, 2.45) is 7.05 Å². The van der Waals surface area contributed by atoms with Crippen molar-refractivity contribution in [3.05, 3.63) is 29.7 Å². The van der Waals surface area contributed by atoms with E-state index in [1.807, 2.05) is 13.2 Å². The Morgan fingerprint density at radius 3 is 2.86 bits per heavy atom. The van der Waals surface area contributed by atoms with Gasteiger partial charge in [0.15, 0.2) is 5.82 Å². The molecule has 7 heteroatoms. The quantitative estimate of drug-likeness (QED) is 0.804. The maximum atomic E-state index is 11.5. The molecule has 0 aromatic carbocycles. The number of aryl methyl sites for hydroxylation is 1. The lowest BCUT2D eigenvalue weighted by Gasteiger charge is -2.12. The van der Waals surface area contributed by atoms with E-state index in [0.29, 0.717) is 24.7 Å². The van der Waals surface area contributed by atoms with Crippen LogP contribution in [0.2, 0.25) is 0 Å². The Labute approximate surface area is 130 Å². The minimum atomic E-state index is -0.275. The van der Waals surface area contributed by atoms with Crippen LogP contribution in [-0.4, -0.2) is 25.7 Å². The Morgan fingerprint density at radius 2 is 2.27 bits per heavy atom. The third-order valence-electron chi connectivity index (χ3n) is 3.61. The molecule has 0 saturated heterocycles. The second-order valence-electron chi connectivity index (χ2n) is 5.66. The number of rotatable bonds is 8. The van der Waals surface area contributed by atoms with Gasteiger partial charge in [-0.1, -0.05) is 19.0 Å². The first-order valence-corrected chi connectivity index (χ1v) is 7.53. The zero-order valence-corrected chi connectivity index (χ0v) is 13.5. The van der Waals surface area contributed by atoms with Gasteiger partial charge in [0.1, 0.15) is 5.78 Å². The fourth-order valence-electron chi connectivity index (χ4n) is 2.11. The number of nitrogens with one attached hydrogen (secondary N) is 1. The normalized spacial score (nSPS) is 14.0. The molecule has 22 heavy (non-hydrogen) atoms. The van der Waals surface area contributed by atoms with Crippen molar-refractivity contribution in [3.63, 3.8) is 0 Å². The summed E-state index contributed by atoms with van der Waals surface area (Å²) in [6.45, 7) is 6.28. The maximum Gasteiger partial charge on any atom is 0.244 e. The lowest BCUT2D eigenvalue weighted by Crippen LogP contribution is -2.23. The summed E-state index contributed by atoms with van der Waals surface area (Å²) >= 11 is 0. The van der Waals surface area contributed by atoms with Crippen molar-refractivity contribution in [3.8, 4) is 0 Å². The summed E-state index contributed by atoms with van der Waals surface area (Å²) in [6.07, 6.45) is 4.98. The van der Waals surface area contributed by atoms with Crippen LogP contribution in [0.4, 0.5) is 0 Å². The monoisotopic (exact) mass is 305 g/mol. The predicted octanol–water partition coefficient (Wildman–Crippen LogP) is 2.13. The van der Waals surface area contributed by atoms with Gasteiger partial charge in [-0.2, -0.15) is 10.1 Å². The first-order chi connectivity index (χ1) is 10.5. The minimum Gasteiger partial charge on any atom is -0.338 e. The zero-order valence-electron chi connectivity index (χ0n) is 13.5. The van der Waals surface area contributed by atoms with Crippen molar-refractivity contribution in [2.75, 3.05) is 0 Å². The predicted molar refractivity (Wildman–Crippen MR) is 81.1 cm³/mol. The van der Waals surface area contributed by atoms with E-state index in [4.69, 9.17) is 4.52 Å². The topological polar surface area (TPSA) is 85.8 Å². The van der Waals surface area contributed by atoms with E-state index in [0.717, 1.165) is 12.0 Å². The van der Waals surface area contributed by atoms with Gasteiger partial charge < -0.3 is 9.84 Å². The van der Waals surface area contributed by atoms with Gasteiger partial charge in [-0.15, -0.1) is 0 Å². The molecule has 0 aliphatic rings. The highest BCUT2D eigenvalue weighted by Gasteiger charge is 2.22. The van der Waals surface area contributed by atoms with E-state index >= 15 is 0 Å². The van der Waals surface area contributed by atoms with Crippen LogP contribution in [0.15, 0.2) is 16.9 Å². The molecule has 2 aromatic rings. The standard InChI is InChI=1S/C15H23N5O2/c1-5-10(2)14-18-15(22-19-14)13(6-11(3)21)16-7-12-8-17-20(4)9-12/h8-10,13,16H,5-7H2,1-4H3/t10-,13-/m0/s1. The molecule has 0 amide bonds. The number of Topliss-reactive ketones (excluding diaryl/α,β-unsaturated/α-hetero) is 1. The largest absolute Gasteiger partial charge is 0.338 e. The summed E-state index contributed by atoms with van der Waals surface area (Å²) in [6, 6.07) is -0.275. The smallest absolute Gasteiger partial charge is 0.244 e. The second kappa shape index (κ2) is 7.31. The number of ketones is 1. The third kappa shape index (κ3) is 4.24. The SMILES string of the molecule is CC[C@H](C)c1noc([C@H](CC(C)=O)NCc2cnn(C)c2)n1. The molecule has 0 aliphatic heterocycles. The number of nitrogens with zero attached hydrogens (tertiary/aromatic N) is 4. The molecule has 1 N–H and O–H groups in total. The zero-order chi connectivity index (χ0) is 16.1. The molecule has 7 nitrogen and oxygen atoms in total. The van der Waals surface area contributed by atoms with Crippen LogP contribution in [-0.2, 0) is 18.4 Å². The number of carbonyl (C=O) groups excluding carboxylic acids is 1. The molecule has 2 heterocycles. The molecule has 120 valence electrons. The lowest BCUT2D eigenvalue weighted by atomic mass is 10.1. The van der Waals surface area contributed by atoms with Crippen LogP contribution >= 0.6 is 0 Å². The van der Waals surface area contributed by atoms with Crippen LogP contribution in [0, 0.1) is 0 Å². The summed E-state index contributed by atoms with van der Waals surface area (Å²) in [5.41, 5.74) is 1.04.